The highest BCUT2D eigenvalue weighted by Crippen LogP contribution is 2.44. The van der Waals surface area contributed by atoms with Crippen LogP contribution in [0.4, 0.5) is 15.3 Å². The van der Waals surface area contributed by atoms with Gasteiger partial charge in [0.25, 0.3) is 0 Å². The molecule has 0 bridgehead atoms. The quantitative estimate of drug-likeness (QED) is 0.0443. The van der Waals surface area contributed by atoms with Gasteiger partial charge in [-0.05, 0) is 86.3 Å². The van der Waals surface area contributed by atoms with Crippen LogP contribution in [0.15, 0.2) is 47.6 Å². The van der Waals surface area contributed by atoms with E-state index < -0.39 is 59.9 Å². The van der Waals surface area contributed by atoms with Gasteiger partial charge in [0.05, 0.1) is 39.1 Å². The fraction of sp³-hybridized carbons (Fsp3) is 0.651. The van der Waals surface area contributed by atoms with Crippen molar-refractivity contribution in [3.63, 3.8) is 0 Å². The molecule has 57 heavy (non-hydrogen) atoms. The first-order valence-electron chi connectivity index (χ1n) is 19.1. The number of aliphatic hydroxyl groups excluding tert-OH is 1. The summed E-state index contributed by atoms with van der Waals surface area (Å²) in [4.78, 5) is 40.1. The minimum atomic E-state index is -0.990. The normalized spacial score (nSPS) is 16.5. The number of rotatable bonds is 20. The second-order valence-corrected chi connectivity index (χ2v) is 15.8. The van der Waals surface area contributed by atoms with E-state index in [1.165, 1.54) is 27.4 Å². The molecule has 14 nitrogen and oxygen atoms in total. The van der Waals surface area contributed by atoms with Crippen LogP contribution in [0.5, 0.6) is 11.5 Å². The molecule has 1 aromatic carbocycles. The summed E-state index contributed by atoms with van der Waals surface area (Å²) < 4.78 is 51.6. The lowest BCUT2D eigenvalue weighted by Crippen LogP contribution is -2.44. The van der Waals surface area contributed by atoms with Crippen LogP contribution in [0.2, 0.25) is 0 Å². The summed E-state index contributed by atoms with van der Waals surface area (Å²) in [5.41, 5.74) is -0.246. The number of esters is 1. The summed E-state index contributed by atoms with van der Waals surface area (Å²) in [6.45, 7) is 19.6. The number of nitrogens with zero attached hydrogens (tertiary/aromatic N) is 1. The number of carbonyl (C=O) groups excluding carboxylic acids is 3. The van der Waals surface area contributed by atoms with E-state index in [9.17, 15) is 19.5 Å². The summed E-state index contributed by atoms with van der Waals surface area (Å²) >= 11 is 0. The third-order valence-corrected chi connectivity index (χ3v) is 8.87. The zero-order valence-electron chi connectivity index (χ0n) is 37.2. The first-order valence-corrected chi connectivity index (χ1v) is 19.1. The Balaban J connectivity index is 3.59. The molecule has 0 aliphatic heterocycles. The zero-order valence-corrected chi connectivity index (χ0v) is 37.2. The highest BCUT2D eigenvalue weighted by Gasteiger charge is 2.38. The van der Waals surface area contributed by atoms with Gasteiger partial charge in [-0.3, -0.25) is 0 Å². The second kappa shape index (κ2) is 23.5. The number of amides is 2. The molecule has 0 radical (unpaired) electrons. The summed E-state index contributed by atoms with van der Waals surface area (Å²) in [6, 6.07) is 3.23. The van der Waals surface area contributed by atoms with Gasteiger partial charge in [-0.25, -0.2) is 14.4 Å². The number of hydrogen-bond acceptors (Lipinski definition) is 13. The van der Waals surface area contributed by atoms with Gasteiger partial charge in [0.15, 0.2) is 0 Å². The highest BCUT2D eigenvalue weighted by atomic mass is 16.6. The van der Waals surface area contributed by atoms with Gasteiger partial charge in [0, 0.05) is 51.6 Å². The van der Waals surface area contributed by atoms with Gasteiger partial charge in [-0.2, -0.15) is 4.90 Å². The Labute approximate surface area is 340 Å². The lowest BCUT2D eigenvalue weighted by atomic mass is 9.86. The molecule has 1 rings (SSSR count). The molecule has 1 aromatic rings. The number of ether oxygens (including phenoxy) is 9. The van der Waals surface area contributed by atoms with Crippen molar-refractivity contribution < 1.29 is 62.1 Å². The highest BCUT2D eigenvalue weighted by molar-refractivity contribution is 6.11. The van der Waals surface area contributed by atoms with Gasteiger partial charge < -0.3 is 47.7 Å². The Morgan fingerprint density at radius 1 is 0.825 bits per heavy atom. The average Bonchev–Trinajstić information content (AvgIpc) is 3.11. The predicted octanol–water partition coefficient (Wildman–Crippen LogP) is 8.15. The SMILES string of the molecule is CCOC(=O)/C(C)=C/C=C[C@H](OC)[C@@H](O)/C(C)=C/[C@H](C)[C@@H](OC)[C@H](C[C@H](C)[C@@H](OC)c1cc(OC)cc(N(C(=O)OC(C)(C)C)C(=O)OC(C)(C)C)c1OC)OC. The van der Waals surface area contributed by atoms with E-state index in [0.717, 1.165) is 4.90 Å². The Morgan fingerprint density at radius 2 is 1.40 bits per heavy atom. The summed E-state index contributed by atoms with van der Waals surface area (Å²) in [5, 5.41) is 11.2. The van der Waals surface area contributed by atoms with Crippen LogP contribution in [-0.2, 0) is 38.0 Å². The van der Waals surface area contributed by atoms with Gasteiger partial charge in [0.1, 0.15) is 40.6 Å². The monoisotopic (exact) mass is 807 g/mol. The molecule has 324 valence electrons. The Hall–Kier alpha value is -3.95. The minimum Gasteiger partial charge on any atom is -0.497 e. The predicted molar refractivity (Wildman–Crippen MR) is 219 cm³/mol. The zero-order chi connectivity index (χ0) is 43.8. The van der Waals surface area contributed by atoms with Crippen molar-refractivity contribution in [3.8, 4) is 11.5 Å². The molecule has 0 spiro atoms. The number of hydrogen-bond donors (Lipinski definition) is 1. The molecule has 0 fully saturated rings. The number of allylic oxidation sites excluding steroid dienone is 2. The molecule has 0 unspecified atom stereocenters. The average molecular weight is 808 g/mol. The van der Waals surface area contributed by atoms with E-state index in [-0.39, 0.29) is 29.9 Å². The molecule has 0 aromatic heterocycles. The smallest absolute Gasteiger partial charge is 0.424 e. The lowest BCUT2D eigenvalue weighted by molar-refractivity contribution is -0.138. The number of methoxy groups -OCH3 is 6. The van der Waals surface area contributed by atoms with Gasteiger partial charge in [0.2, 0.25) is 0 Å². The van der Waals surface area contributed by atoms with Crippen molar-refractivity contribution in [2.75, 3.05) is 54.2 Å². The molecule has 0 aliphatic carbocycles. The number of imide groups is 1. The fourth-order valence-electron chi connectivity index (χ4n) is 6.24. The molecule has 14 heteroatoms. The Bertz CT molecular complexity index is 1510. The largest absolute Gasteiger partial charge is 0.497 e. The second-order valence-electron chi connectivity index (χ2n) is 15.8. The van der Waals surface area contributed by atoms with Gasteiger partial charge >= 0.3 is 18.2 Å². The maximum Gasteiger partial charge on any atom is 0.424 e. The third-order valence-electron chi connectivity index (χ3n) is 8.87. The standard InChI is InChI=1S/C43H69NO13/c1-18-55-39(46)26(2)20-19-21-33(50-13)35(45)27(3)22-28(4)37(53-16)34(51-14)23-29(5)36(52-15)31-24-30(49-12)25-32(38(31)54-17)44(40(47)56-42(6,7)8)41(48)57-43(9,10)11/h19-22,24-25,28-29,33-37,45H,18,23H2,1-17H3/b21-19?,26-20+,27-22+/t28-,29-,33-,34-,35-,36+,37+/m0/s1. The molecular weight excluding hydrogens is 738 g/mol. The van der Waals surface area contributed by atoms with E-state index in [1.807, 2.05) is 26.8 Å². The van der Waals surface area contributed by atoms with Crippen molar-refractivity contribution in [2.24, 2.45) is 11.8 Å². The van der Waals surface area contributed by atoms with Crippen LogP contribution >= 0.6 is 0 Å². The molecule has 1 N–H and O–H groups in total. The maximum atomic E-state index is 13.7. The van der Waals surface area contributed by atoms with Crippen molar-refractivity contribution in [1.82, 2.24) is 0 Å². The molecule has 0 saturated carbocycles. The van der Waals surface area contributed by atoms with Gasteiger partial charge in [-0.1, -0.05) is 38.2 Å². The first kappa shape index (κ1) is 51.1. The summed E-state index contributed by atoms with van der Waals surface area (Å²) in [7, 11) is 9.16. The molecule has 7 atom stereocenters. The topological polar surface area (TPSA) is 158 Å². The van der Waals surface area contributed by atoms with E-state index >= 15 is 0 Å². The van der Waals surface area contributed by atoms with Crippen LogP contribution in [0, 0.1) is 11.8 Å². The van der Waals surface area contributed by atoms with Crippen LogP contribution in [0.3, 0.4) is 0 Å². The molecular formula is C43H69NO13. The van der Waals surface area contributed by atoms with E-state index in [2.05, 4.69) is 0 Å². The molecule has 0 saturated heterocycles. The Kier molecular flexibility index (Phi) is 21.0. The lowest BCUT2D eigenvalue weighted by Gasteiger charge is -2.34. The summed E-state index contributed by atoms with van der Waals surface area (Å²) in [5.74, 6) is -0.407. The van der Waals surface area contributed by atoms with Crippen LogP contribution < -0.4 is 14.4 Å². The van der Waals surface area contributed by atoms with Crippen LogP contribution in [0.25, 0.3) is 0 Å². The number of aliphatic hydroxyl groups is 1. The molecule has 2 amide bonds. The third kappa shape index (κ3) is 15.7. The molecule has 0 heterocycles. The van der Waals surface area contributed by atoms with E-state index in [4.69, 9.17) is 42.6 Å². The van der Waals surface area contributed by atoms with Crippen molar-refractivity contribution in [3.05, 3.63) is 53.1 Å². The Morgan fingerprint density at radius 3 is 1.84 bits per heavy atom. The van der Waals surface area contributed by atoms with E-state index in [0.29, 0.717) is 28.9 Å². The van der Waals surface area contributed by atoms with Crippen LogP contribution in [0.1, 0.15) is 94.2 Å². The number of benzene rings is 1. The van der Waals surface area contributed by atoms with Crippen LogP contribution in [-0.4, -0.2) is 108 Å². The van der Waals surface area contributed by atoms with Crippen molar-refractivity contribution in [2.45, 2.75) is 124 Å². The number of carbonyl (C=O) groups is 3. The fourth-order valence-corrected chi connectivity index (χ4v) is 6.24. The maximum absolute atomic E-state index is 13.7. The van der Waals surface area contributed by atoms with Crippen molar-refractivity contribution >= 4 is 23.8 Å². The van der Waals surface area contributed by atoms with Gasteiger partial charge in [-0.15, -0.1) is 0 Å². The number of anilines is 1. The molecule has 0 aliphatic rings. The van der Waals surface area contributed by atoms with E-state index in [1.54, 1.807) is 101 Å². The van der Waals surface area contributed by atoms with Crippen molar-refractivity contribution in [1.29, 1.82) is 0 Å². The minimum absolute atomic E-state index is 0.0461. The summed E-state index contributed by atoms with van der Waals surface area (Å²) in [6.07, 6.45) is 2.11. The first-order chi connectivity index (χ1) is 26.5.